The Morgan fingerprint density at radius 1 is 1.13 bits per heavy atom. The fourth-order valence-electron chi connectivity index (χ4n) is 2.82. The van der Waals surface area contributed by atoms with Gasteiger partial charge >= 0.3 is 0 Å². The minimum Gasteiger partial charge on any atom is -0.497 e. The number of H-pyrrole nitrogens is 1. The molecular weight excluding hydrogens is 507 g/mol. The lowest BCUT2D eigenvalue weighted by molar-refractivity contribution is 0.222. The molecule has 0 amide bonds. The van der Waals surface area contributed by atoms with Gasteiger partial charge in [-0.3, -0.25) is 10.1 Å². The molecular formula is C22H29IN6O2. The van der Waals surface area contributed by atoms with Crippen LogP contribution in [0.5, 0.6) is 11.5 Å². The summed E-state index contributed by atoms with van der Waals surface area (Å²) in [7, 11) is 3.37. The second kappa shape index (κ2) is 12.1. The van der Waals surface area contributed by atoms with Crippen molar-refractivity contribution in [2.75, 3.05) is 20.7 Å². The molecule has 3 N–H and O–H groups in total. The highest BCUT2D eigenvalue weighted by Gasteiger charge is 2.09. The lowest BCUT2D eigenvalue weighted by Crippen LogP contribution is -2.41. The first kappa shape index (κ1) is 24.4. The number of methoxy groups -OCH3 is 1. The molecule has 0 fully saturated rings. The Bertz CT molecular complexity index is 974. The Kier molecular flexibility index (Phi) is 9.57. The molecule has 1 unspecified atom stereocenters. The van der Waals surface area contributed by atoms with Crippen LogP contribution in [0.25, 0.3) is 11.4 Å². The van der Waals surface area contributed by atoms with Crippen LogP contribution in [-0.2, 0) is 6.54 Å². The number of nitrogens with zero attached hydrogens (tertiary/aromatic N) is 3. The predicted molar refractivity (Wildman–Crippen MR) is 133 cm³/mol. The summed E-state index contributed by atoms with van der Waals surface area (Å²) in [6, 6.07) is 15.6. The van der Waals surface area contributed by atoms with Crippen LogP contribution >= 0.6 is 24.0 Å². The number of aromatic nitrogens is 3. The second-order valence-electron chi connectivity index (χ2n) is 6.83. The van der Waals surface area contributed by atoms with Crippen LogP contribution in [0.3, 0.4) is 0 Å². The van der Waals surface area contributed by atoms with Gasteiger partial charge in [-0.05, 0) is 49.7 Å². The standard InChI is InChI=1S/C22H28N6O2.HI/c1-15-7-5-6-8-19(15)30-16(2)13-24-22(23-3)25-14-20-26-21(28-27-20)17-9-11-18(29-4)12-10-17;/h5-12,16H,13-14H2,1-4H3,(H2,23,24,25)(H,26,27,28);1H. The first-order valence-corrected chi connectivity index (χ1v) is 9.81. The van der Waals surface area contributed by atoms with Crippen molar-refractivity contribution in [3.05, 3.63) is 59.9 Å². The molecule has 0 aliphatic rings. The normalized spacial score (nSPS) is 11.9. The largest absolute Gasteiger partial charge is 0.497 e. The van der Waals surface area contributed by atoms with Crippen molar-refractivity contribution in [2.24, 2.45) is 4.99 Å². The van der Waals surface area contributed by atoms with Gasteiger partial charge in [-0.15, -0.1) is 24.0 Å². The molecule has 1 aromatic heterocycles. The third-order valence-corrected chi connectivity index (χ3v) is 4.51. The van der Waals surface area contributed by atoms with E-state index in [1.165, 1.54) is 0 Å². The number of nitrogens with one attached hydrogen (secondary N) is 3. The van der Waals surface area contributed by atoms with Crippen LogP contribution in [0.2, 0.25) is 0 Å². The van der Waals surface area contributed by atoms with Crippen molar-refractivity contribution in [3.63, 3.8) is 0 Å². The molecule has 0 spiro atoms. The molecule has 1 atom stereocenters. The maximum absolute atomic E-state index is 5.99. The van der Waals surface area contributed by atoms with E-state index < -0.39 is 0 Å². The Balaban J connectivity index is 0.00000341. The van der Waals surface area contributed by atoms with Crippen molar-refractivity contribution >= 4 is 29.9 Å². The average Bonchev–Trinajstić information content (AvgIpc) is 3.24. The summed E-state index contributed by atoms with van der Waals surface area (Å²) in [6.07, 6.45) is -0.0170. The number of aromatic amines is 1. The van der Waals surface area contributed by atoms with Gasteiger partial charge in [-0.1, -0.05) is 18.2 Å². The van der Waals surface area contributed by atoms with Crippen molar-refractivity contribution in [1.82, 2.24) is 25.8 Å². The molecule has 0 radical (unpaired) electrons. The number of guanidine groups is 1. The van der Waals surface area contributed by atoms with Gasteiger partial charge in [0.15, 0.2) is 11.8 Å². The number of para-hydroxylation sites is 1. The summed E-state index contributed by atoms with van der Waals surface area (Å²) < 4.78 is 11.2. The van der Waals surface area contributed by atoms with E-state index in [2.05, 4.69) is 30.8 Å². The van der Waals surface area contributed by atoms with Crippen molar-refractivity contribution in [1.29, 1.82) is 0 Å². The molecule has 0 aliphatic heterocycles. The lowest BCUT2D eigenvalue weighted by Gasteiger charge is -2.18. The van der Waals surface area contributed by atoms with Crippen LogP contribution in [0, 0.1) is 6.92 Å². The lowest BCUT2D eigenvalue weighted by atomic mass is 10.2. The van der Waals surface area contributed by atoms with E-state index in [9.17, 15) is 0 Å². The predicted octanol–water partition coefficient (Wildman–Crippen LogP) is 3.54. The highest BCUT2D eigenvalue weighted by atomic mass is 127. The molecule has 3 rings (SSSR count). The van der Waals surface area contributed by atoms with Gasteiger partial charge in [0.2, 0.25) is 0 Å². The number of aliphatic imine (C=N–C) groups is 1. The summed E-state index contributed by atoms with van der Waals surface area (Å²) in [4.78, 5) is 8.77. The highest BCUT2D eigenvalue weighted by molar-refractivity contribution is 14.0. The van der Waals surface area contributed by atoms with Crippen LogP contribution in [0.1, 0.15) is 18.3 Å². The molecule has 1 heterocycles. The van der Waals surface area contributed by atoms with Crippen molar-refractivity contribution in [3.8, 4) is 22.9 Å². The fourth-order valence-corrected chi connectivity index (χ4v) is 2.82. The fraction of sp³-hybridized carbons (Fsp3) is 0.318. The molecule has 0 aliphatic carbocycles. The van der Waals surface area contributed by atoms with E-state index in [0.717, 1.165) is 22.6 Å². The number of rotatable bonds is 8. The highest BCUT2D eigenvalue weighted by Crippen LogP contribution is 2.19. The van der Waals surface area contributed by atoms with E-state index in [0.29, 0.717) is 30.7 Å². The first-order chi connectivity index (χ1) is 14.6. The second-order valence-corrected chi connectivity index (χ2v) is 6.83. The molecule has 0 saturated heterocycles. The zero-order valence-electron chi connectivity index (χ0n) is 18.2. The monoisotopic (exact) mass is 536 g/mol. The summed E-state index contributed by atoms with van der Waals surface area (Å²) in [5, 5.41) is 13.7. The topological polar surface area (TPSA) is 96.5 Å². The zero-order valence-corrected chi connectivity index (χ0v) is 20.5. The molecule has 0 bridgehead atoms. The van der Waals surface area contributed by atoms with Crippen LogP contribution in [-0.4, -0.2) is 47.9 Å². The van der Waals surface area contributed by atoms with Gasteiger partial charge in [0.1, 0.15) is 23.4 Å². The van der Waals surface area contributed by atoms with Gasteiger partial charge in [-0.25, -0.2) is 4.98 Å². The van der Waals surface area contributed by atoms with Crippen LogP contribution in [0.4, 0.5) is 0 Å². The van der Waals surface area contributed by atoms with E-state index in [1.54, 1.807) is 14.2 Å². The number of ether oxygens (including phenoxy) is 2. The Morgan fingerprint density at radius 2 is 1.87 bits per heavy atom. The zero-order chi connectivity index (χ0) is 21.3. The molecule has 2 aromatic carbocycles. The molecule has 166 valence electrons. The van der Waals surface area contributed by atoms with Crippen molar-refractivity contribution < 1.29 is 9.47 Å². The minimum absolute atomic E-state index is 0. The SMILES string of the molecule is CN=C(NCc1nc(-c2ccc(OC)cc2)n[nH]1)NCC(C)Oc1ccccc1C.I. The van der Waals surface area contributed by atoms with Gasteiger partial charge < -0.3 is 20.1 Å². The maximum Gasteiger partial charge on any atom is 0.191 e. The first-order valence-electron chi connectivity index (χ1n) is 9.81. The third kappa shape index (κ3) is 7.12. The van der Waals surface area contributed by atoms with Gasteiger partial charge in [0.25, 0.3) is 0 Å². The van der Waals surface area contributed by atoms with E-state index in [4.69, 9.17) is 9.47 Å². The van der Waals surface area contributed by atoms with Crippen LogP contribution in [0.15, 0.2) is 53.5 Å². The average molecular weight is 536 g/mol. The van der Waals surface area contributed by atoms with E-state index >= 15 is 0 Å². The van der Waals surface area contributed by atoms with E-state index in [1.807, 2.05) is 62.4 Å². The summed E-state index contributed by atoms with van der Waals surface area (Å²) in [5.74, 6) is 3.71. The molecule has 0 saturated carbocycles. The van der Waals surface area contributed by atoms with E-state index in [-0.39, 0.29) is 30.1 Å². The quantitative estimate of drug-likeness (QED) is 0.232. The molecule has 3 aromatic rings. The molecule has 8 nitrogen and oxygen atoms in total. The number of hydrogen-bond acceptors (Lipinski definition) is 5. The molecule has 31 heavy (non-hydrogen) atoms. The smallest absolute Gasteiger partial charge is 0.191 e. The van der Waals surface area contributed by atoms with Crippen LogP contribution < -0.4 is 20.1 Å². The number of hydrogen-bond donors (Lipinski definition) is 3. The Labute approximate surface area is 199 Å². The third-order valence-electron chi connectivity index (χ3n) is 4.51. The van der Waals surface area contributed by atoms with Crippen molar-refractivity contribution in [2.45, 2.75) is 26.5 Å². The Morgan fingerprint density at radius 3 is 2.55 bits per heavy atom. The number of halogens is 1. The Hall–Kier alpha value is -2.82. The number of benzene rings is 2. The summed E-state index contributed by atoms with van der Waals surface area (Å²) in [5.41, 5.74) is 2.04. The maximum atomic E-state index is 5.99. The minimum atomic E-state index is -0.0170. The van der Waals surface area contributed by atoms with Gasteiger partial charge in [-0.2, -0.15) is 5.10 Å². The summed E-state index contributed by atoms with van der Waals surface area (Å²) >= 11 is 0. The van der Waals surface area contributed by atoms with Gasteiger partial charge in [0, 0.05) is 12.6 Å². The summed E-state index contributed by atoms with van der Waals surface area (Å²) in [6.45, 7) is 5.13. The number of aryl methyl sites for hydroxylation is 1. The molecule has 9 heteroatoms. The van der Waals surface area contributed by atoms with Gasteiger partial charge in [0.05, 0.1) is 20.2 Å².